The van der Waals surface area contributed by atoms with Gasteiger partial charge in [-0.3, -0.25) is 0 Å². The molecule has 1 aliphatic carbocycles. The molecule has 1 aromatic rings. The molecule has 0 aliphatic heterocycles. The van der Waals surface area contributed by atoms with Crippen molar-refractivity contribution >= 4 is 0 Å². The summed E-state index contributed by atoms with van der Waals surface area (Å²) in [4.78, 5) is 0. The Morgan fingerprint density at radius 1 is 1.40 bits per heavy atom. The van der Waals surface area contributed by atoms with Gasteiger partial charge in [-0.15, -0.1) is 0 Å². The summed E-state index contributed by atoms with van der Waals surface area (Å²) in [7, 11) is 1.68. The first-order chi connectivity index (χ1) is 7.29. The molecule has 2 unspecified atom stereocenters. The van der Waals surface area contributed by atoms with Crippen LogP contribution in [0.4, 0.5) is 0 Å². The minimum absolute atomic E-state index is 0.101. The molecule has 2 rings (SSSR count). The molecule has 1 aromatic carbocycles. The third-order valence-corrected chi connectivity index (χ3v) is 3.25. The Morgan fingerprint density at radius 2 is 2.27 bits per heavy atom. The zero-order valence-electron chi connectivity index (χ0n) is 9.15. The molecule has 2 atom stereocenters. The van der Waals surface area contributed by atoms with Gasteiger partial charge >= 0.3 is 0 Å². The van der Waals surface area contributed by atoms with Crippen molar-refractivity contribution in [2.24, 2.45) is 5.92 Å². The van der Waals surface area contributed by atoms with Crippen molar-refractivity contribution in [2.75, 3.05) is 7.11 Å². The SMILES string of the molecule is COc1cccc(CC2CCCC2O)c1. The monoisotopic (exact) mass is 206 g/mol. The molecular formula is C13H18O2. The van der Waals surface area contributed by atoms with Crippen molar-refractivity contribution in [1.29, 1.82) is 0 Å². The molecule has 1 fully saturated rings. The molecule has 0 amide bonds. The van der Waals surface area contributed by atoms with Crippen LogP contribution < -0.4 is 4.74 Å². The topological polar surface area (TPSA) is 29.5 Å². The molecule has 0 heterocycles. The zero-order valence-corrected chi connectivity index (χ0v) is 9.15. The minimum atomic E-state index is -0.101. The number of hydrogen-bond donors (Lipinski definition) is 1. The van der Waals surface area contributed by atoms with Crippen LogP contribution in [0.1, 0.15) is 24.8 Å². The standard InChI is InChI=1S/C13H18O2/c1-15-12-6-2-4-10(9-12)8-11-5-3-7-13(11)14/h2,4,6,9,11,13-14H,3,5,7-8H2,1H3. The number of rotatable bonds is 3. The average molecular weight is 206 g/mol. The molecule has 0 spiro atoms. The highest BCUT2D eigenvalue weighted by molar-refractivity contribution is 5.28. The highest BCUT2D eigenvalue weighted by atomic mass is 16.5. The van der Waals surface area contributed by atoms with Gasteiger partial charge in [0.1, 0.15) is 5.75 Å². The predicted molar refractivity (Wildman–Crippen MR) is 60.0 cm³/mol. The predicted octanol–water partition coefficient (Wildman–Crippen LogP) is 2.40. The summed E-state index contributed by atoms with van der Waals surface area (Å²) in [5.74, 6) is 1.34. The summed E-state index contributed by atoms with van der Waals surface area (Å²) >= 11 is 0. The van der Waals surface area contributed by atoms with E-state index in [1.165, 1.54) is 5.56 Å². The third kappa shape index (κ3) is 2.51. The van der Waals surface area contributed by atoms with Gasteiger partial charge in [-0.25, -0.2) is 0 Å². The average Bonchev–Trinajstić information content (AvgIpc) is 2.65. The Hall–Kier alpha value is -1.02. The number of hydrogen-bond acceptors (Lipinski definition) is 2. The summed E-state index contributed by atoms with van der Waals surface area (Å²) in [5.41, 5.74) is 1.26. The Bertz CT molecular complexity index is 322. The maximum Gasteiger partial charge on any atom is 0.119 e. The second-order valence-corrected chi connectivity index (χ2v) is 4.31. The number of aliphatic hydroxyl groups is 1. The molecule has 0 saturated heterocycles. The lowest BCUT2D eigenvalue weighted by Crippen LogP contribution is -2.15. The molecular weight excluding hydrogens is 188 g/mol. The van der Waals surface area contributed by atoms with Crippen LogP contribution in [0.5, 0.6) is 5.75 Å². The van der Waals surface area contributed by atoms with Gasteiger partial charge in [0.15, 0.2) is 0 Å². The molecule has 0 aromatic heterocycles. The molecule has 1 aliphatic rings. The van der Waals surface area contributed by atoms with Crippen LogP contribution in [0.3, 0.4) is 0 Å². The lowest BCUT2D eigenvalue weighted by Gasteiger charge is -2.14. The molecule has 1 N–H and O–H groups in total. The quantitative estimate of drug-likeness (QED) is 0.823. The van der Waals surface area contributed by atoms with Crippen LogP contribution >= 0.6 is 0 Å². The first-order valence-electron chi connectivity index (χ1n) is 5.60. The summed E-state index contributed by atoms with van der Waals surface area (Å²) in [6.45, 7) is 0. The van der Waals surface area contributed by atoms with Crippen molar-refractivity contribution in [3.8, 4) is 5.75 Å². The highest BCUT2D eigenvalue weighted by Gasteiger charge is 2.25. The van der Waals surface area contributed by atoms with E-state index in [4.69, 9.17) is 4.74 Å². The Morgan fingerprint density at radius 3 is 2.93 bits per heavy atom. The molecule has 1 saturated carbocycles. The molecule has 0 bridgehead atoms. The zero-order chi connectivity index (χ0) is 10.7. The van der Waals surface area contributed by atoms with E-state index >= 15 is 0 Å². The fourth-order valence-electron chi connectivity index (χ4n) is 2.36. The van der Waals surface area contributed by atoms with Crippen LogP contribution in [0.15, 0.2) is 24.3 Å². The van der Waals surface area contributed by atoms with Gasteiger partial charge in [-0.1, -0.05) is 18.6 Å². The van der Waals surface area contributed by atoms with E-state index in [2.05, 4.69) is 12.1 Å². The van der Waals surface area contributed by atoms with Gasteiger partial charge in [0.05, 0.1) is 13.2 Å². The summed E-state index contributed by atoms with van der Waals surface area (Å²) in [5, 5.41) is 9.75. The van der Waals surface area contributed by atoms with E-state index in [0.717, 1.165) is 31.4 Å². The van der Waals surface area contributed by atoms with E-state index in [1.807, 2.05) is 12.1 Å². The first kappa shape index (κ1) is 10.5. The summed E-state index contributed by atoms with van der Waals surface area (Å²) < 4.78 is 5.18. The first-order valence-corrected chi connectivity index (χ1v) is 5.60. The van der Waals surface area contributed by atoms with Crippen molar-refractivity contribution in [3.05, 3.63) is 29.8 Å². The van der Waals surface area contributed by atoms with E-state index in [9.17, 15) is 5.11 Å². The van der Waals surface area contributed by atoms with Crippen LogP contribution in [0.2, 0.25) is 0 Å². The summed E-state index contributed by atoms with van der Waals surface area (Å²) in [6, 6.07) is 8.13. The van der Waals surface area contributed by atoms with Gasteiger partial charge < -0.3 is 9.84 Å². The Kier molecular flexibility index (Phi) is 3.27. The normalized spacial score (nSPS) is 25.5. The molecule has 0 radical (unpaired) electrons. The molecule has 2 nitrogen and oxygen atoms in total. The smallest absolute Gasteiger partial charge is 0.119 e. The van der Waals surface area contributed by atoms with Gasteiger partial charge in [-0.2, -0.15) is 0 Å². The lowest BCUT2D eigenvalue weighted by molar-refractivity contribution is 0.132. The largest absolute Gasteiger partial charge is 0.497 e. The number of methoxy groups -OCH3 is 1. The fraction of sp³-hybridized carbons (Fsp3) is 0.538. The molecule has 15 heavy (non-hydrogen) atoms. The Balaban J connectivity index is 2.03. The lowest BCUT2D eigenvalue weighted by atomic mass is 9.96. The van der Waals surface area contributed by atoms with Gasteiger partial charge in [-0.05, 0) is 42.9 Å². The molecule has 82 valence electrons. The van der Waals surface area contributed by atoms with E-state index in [0.29, 0.717) is 5.92 Å². The fourth-order valence-corrected chi connectivity index (χ4v) is 2.36. The van der Waals surface area contributed by atoms with Crippen molar-refractivity contribution in [2.45, 2.75) is 31.8 Å². The third-order valence-electron chi connectivity index (χ3n) is 3.25. The summed E-state index contributed by atoms with van der Waals surface area (Å²) in [6.07, 6.45) is 4.15. The number of ether oxygens (including phenoxy) is 1. The minimum Gasteiger partial charge on any atom is -0.497 e. The van der Waals surface area contributed by atoms with E-state index < -0.39 is 0 Å². The van der Waals surface area contributed by atoms with E-state index in [1.54, 1.807) is 7.11 Å². The Labute approximate surface area is 90.9 Å². The second kappa shape index (κ2) is 4.67. The van der Waals surface area contributed by atoms with E-state index in [-0.39, 0.29) is 6.10 Å². The number of aliphatic hydroxyl groups excluding tert-OH is 1. The van der Waals surface area contributed by atoms with Crippen LogP contribution in [0.25, 0.3) is 0 Å². The van der Waals surface area contributed by atoms with Crippen molar-refractivity contribution in [1.82, 2.24) is 0 Å². The van der Waals surface area contributed by atoms with Gasteiger partial charge in [0.25, 0.3) is 0 Å². The van der Waals surface area contributed by atoms with Crippen LogP contribution in [0, 0.1) is 5.92 Å². The number of benzene rings is 1. The van der Waals surface area contributed by atoms with Gasteiger partial charge in [0, 0.05) is 0 Å². The van der Waals surface area contributed by atoms with Crippen LogP contribution in [-0.2, 0) is 6.42 Å². The van der Waals surface area contributed by atoms with Gasteiger partial charge in [0.2, 0.25) is 0 Å². The maximum atomic E-state index is 9.75. The highest BCUT2D eigenvalue weighted by Crippen LogP contribution is 2.29. The second-order valence-electron chi connectivity index (χ2n) is 4.31. The molecule has 2 heteroatoms. The van der Waals surface area contributed by atoms with Crippen LogP contribution in [-0.4, -0.2) is 18.3 Å². The van der Waals surface area contributed by atoms with Crippen molar-refractivity contribution < 1.29 is 9.84 Å². The maximum absolute atomic E-state index is 9.75. The van der Waals surface area contributed by atoms with Crippen molar-refractivity contribution in [3.63, 3.8) is 0 Å².